The predicted octanol–water partition coefficient (Wildman–Crippen LogP) is 6.49. The van der Waals surface area contributed by atoms with Gasteiger partial charge in [-0.25, -0.2) is 4.57 Å². The summed E-state index contributed by atoms with van der Waals surface area (Å²) in [6.45, 7) is 4.48. The number of aryl methyl sites for hydroxylation is 3. The topological polar surface area (TPSA) is 21.2 Å². The van der Waals surface area contributed by atoms with Crippen LogP contribution in [0.3, 0.4) is 0 Å². The van der Waals surface area contributed by atoms with Crippen molar-refractivity contribution in [3.8, 4) is 11.1 Å². The van der Waals surface area contributed by atoms with E-state index in [1.807, 2.05) is 12.4 Å². The van der Waals surface area contributed by atoms with Crippen LogP contribution >= 0.6 is 0 Å². The van der Waals surface area contributed by atoms with Crippen LogP contribution in [0.15, 0.2) is 79.3 Å². The SMILES string of the molecule is Cc1cc2c3cnccc3n3c4cc(-c5ccccc5)cc5cc[n+](C)c(c(c1C)c23)c54. The van der Waals surface area contributed by atoms with E-state index in [4.69, 9.17) is 0 Å². The molecule has 0 bridgehead atoms. The van der Waals surface area contributed by atoms with E-state index in [2.05, 4.69) is 102 Å². The van der Waals surface area contributed by atoms with Gasteiger partial charge in [-0.2, -0.15) is 0 Å². The van der Waals surface area contributed by atoms with Crippen molar-refractivity contribution in [3.05, 3.63) is 90.4 Å². The van der Waals surface area contributed by atoms with Gasteiger partial charge in [-0.1, -0.05) is 30.3 Å². The van der Waals surface area contributed by atoms with E-state index in [1.54, 1.807) is 0 Å². The second-order valence-corrected chi connectivity index (χ2v) is 8.92. The summed E-state index contributed by atoms with van der Waals surface area (Å²) in [6.07, 6.45) is 6.12. The maximum absolute atomic E-state index is 4.48. The van der Waals surface area contributed by atoms with Crippen LogP contribution in [-0.4, -0.2) is 9.38 Å². The molecule has 0 aliphatic carbocycles. The smallest absolute Gasteiger partial charge is 0.224 e. The summed E-state index contributed by atoms with van der Waals surface area (Å²) in [6, 6.07) is 22.1. The lowest BCUT2D eigenvalue weighted by Gasteiger charge is -2.15. The predicted molar refractivity (Wildman–Crippen MR) is 132 cm³/mol. The van der Waals surface area contributed by atoms with E-state index in [9.17, 15) is 0 Å². The van der Waals surface area contributed by atoms with E-state index in [-0.39, 0.29) is 0 Å². The zero-order valence-corrected chi connectivity index (χ0v) is 18.3. The number of benzene rings is 3. The molecule has 0 saturated carbocycles. The third-order valence-electron chi connectivity index (χ3n) is 7.17. The Bertz CT molecular complexity index is 1840. The fourth-order valence-corrected chi connectivity index (χ4v) is 5.55. The van der Waals surface area contributed by atoms with Crippen LogP contribution in [0.5, 0.6) is 0 Å². The third kappa shape index (κ3) is 2.10. The lowest BCUT2D eigenvalue weighted by atomic mass is 9.95. The van der Waals surface area contributed by atoms with Gasteiger partial charge in [0.15, 0.2) is 6.20 Å². The molecule has 0 atom stereocenters. The maximum atomic E-state index is 4.48. The first-order valence-electron chi connectivity index (χ1n) is 11.0. The first kappa shape index (κ1) is 17.7. The van der Waals surface area contributed by atoms with Gasteiger partial charge in [0.25, 0.3) is 0 Å². The average molecular weight is 413 g/mol. The van der Waals surface area contributed by atoms with Crippen LogP contribution in [0.2, 0.25) is 0 Å². The lowest BCUT2D eigenvalue weighted by molar-refractivity contribution is -0.643. The Kier molecular flexibility index (Phi) is 3.34. The molecule has 4 heterocycles. The molecule has 0 unspecified atom stereocenters. The van der Waals surface area contributed by atoms with Crippen molar-refractivity contribution in [3.63, 3.8) is 0 Å². The van der Waals surface area contributed by atoms with Crippen LogP contribution < -0.4 is 4.57 Å². The van der Waals surface area contributed by atoms with E-state index in [0.29, 0.717) is 0 Å². The van der Waals surface area contributed by atoms with Crippen molar-refractivity contribution in [2.24, 2.45) is 7.05 Å². The van der Waals surface area contributed by atoms with Gasteiger partial charge in [0.1, 0.15) is 7.05 Å². The molecule has 152 valence electrons. The molecule has 0 radical (unpaired) electrons. The minimum absolute atomic E-state index is 1.21. The molecule has 3 nitrogen and oxygen atoms in total. The number of hydrogen-bond donors (Lipinski definition) is 0. The number of aromatic nitrogens is 3. The molecule has 0 aliphatic rings. The second-order valence-electron chi connectivity index (χ2n) is 8.92. The van der Waals surface area contributed by atoms with Crippen LogP contribution in [-0.2, 0) is 7.05 Å². The molecule has 32 heavy (non-hydrogen) atoms. The zero-order valence-electron chi connectivity index (χ0n) is 18.3. The van der Waals surface area contributed by atoms with Gasteiger partial charge in [-0.15, -0.1) is 0 Å². The molecule has 3 heteroatoms. The maximum Gasteiger partial charge on any atom is 0.224 e. The molecular formula is C29H22N3+. The number of pyridine rings is 3. The van der Waals surface area contributed by atoms with Crippen LogP contribution in [0.4, 0.5) is 0 Å². The Hall–Kier alpha value is -3.98. The molecule has 0 aliphatic heterocycles. The Labute approximate surface area is 185 Å². The van der Waals surface area contributed by atoms with Gasteiger partial charge in [0.2, 0.25) is 5.52 Å². The highest BCUT2D eigenvalue weighted by Gasteiger charge is 2.25. The van der Waals surface area contributed by atoms with Crippen molar-refractivity contribution in [2.45, 2.75) is 13.8 Å². The molecule has 7 rings (SSSR count). The summed E-state index contributed by atoms with van der Waals surface area (Å²) in [5, 5.41) is 6.40. The highest BCUT2D eigenvalue weighted by molar-refractivity contribution is 6.26. The summed E-state index contributed by atoms with van der Waals surface area (Å²) < 4.78 is 4.75. The largest absolute Gasteiger partial charge is 0.307 e. The highest BCUT2D eigenvalue weighted by Crippen LogP contribution is 2.42. The minimum Gasteiger partial charge on any atom is -0.307 e. The van der Waals surface area contributed by atoms with Gasteiger partial charge >= 0.3 is 0 Å². The van der Waals surface area contributed by atoms with Crippen molar-refractivity contribution in [2.75, 3.05) is 0 Å². The van der Waals surface area contributed by atoms with E-state index < -0.39 is 0 Å². The first-order chi connectivity index (χ1) is 15.6. The van der Waals surface area contributed by atoms with Gasteiger partial charge in [0, 0.05) is 29.2 Å². The molecule has 0 fully saturated rings. The average Bonchev–Trinajstić information content (AvgIpc) is 3.15. The molecule has 0 saturated heterocycles. The van der Waals surface area contributed by atoms with Crippen molar-refractivity contribution in [1.82, 2.24) is 9.38 Å². The van der Waals surface area contributed by atoms with E-state index in [1.165, 1.54) is 71.3 Å². The van der Waals surface area contributed by atoms with E-state index >= 15 is 0 Å². The van der Waals surface area contributed by atoms with Gasteiger partial charge < -0.3 is 4.40 Å². The monoisotopic (exact) mass is 412 g/mol. The zero-order chi connectivity index (χ0) is 21.6. The molecular weight excluding hydrogens is 390 g/mol. The van der Waals surface area contributed by atoms with E-state index in [0.717, 1.165) is 0 Å². The number of rotatable bonds is 1. The quantitative estimate of drug-likeness (QED) is 0.171. The molecule has 4 aromatic heterocycles. The number of fused-ring (bicyclic) bond motifs is 5. The second kappa shape index (κ2) is 6.04. The van der Waals surface area contributed by atoms with Crippen molar-refractivity contribution >= 4 is 49.0 Å². The van der Waals surface area contributed by atoms with Crippen LogP contribution in [0.25, 0.3) is 60.1 Å². The number of hydrogen-bond acceptors (Lipinski definition) is 1. The van der Waals surface area contributed by atoms with Crippen LogP contribution in [0, 0.1) is 13.8 Å². The molecule has 0 N–H and O–H groups in total. The van der Waals surface area contributed by atoms with Crippen molar-refractivity contribution in [1.29, 1.82) is 0 Å². The molecule has 0 spiro atoms. The summed E-state index contributed by atoms with van der Waals surface area (Å²) in [7, 11) is 2.16. The standard InChI is InChI=1S/C29H22N3/c1-17-13-22-23-16-30-11-9-24(23)32-25-15-21(19-7-5-4-6-8-19)14-20-10-12-31(3)29(27(20)25)26(18(17)2)28(22)32/h4-16H,1-3H3/q+1. The molecule has 7 aromatic rings. The summed E-state index contributed by atoms with van der Waals surface area (Å²) in [5.74, 6) is 0. The van der Waals surface area contributed by atoms with Gasteiger partial charge in [0.05, 0.1) is 27.3 Å². The Morgan fingerprint density at radius 2 is 1.66 bits per heavy atom. The third-order valence-corrected chi connectivity index (χ3v) is 7.17. The Morgan fingerprint density at radius 1 is 0.812 bits per heavy atom. The van der Waals surface area contributed by atoms with Gasteiger partial charge in [-0.05, 0) is 65.8 Å². The van der Waals surface area contributed by atoms with Gasteiger partial charge in [-0.3, -0.25) is 4.98 Å². The number of nitrogens with zero attached hydrogens (tertiary/aromatic N) is 3. The summed E-state index contributed by atoms with van der Waals surface area (Å²) >= 11 is 0. The normalized spacial score (nSPS) is 12.2. The highest BCUT2D eigenvalue weighted by atomic mass is 15.0. The Balaban J connectivity index is 1.87. The lowest BCUT2D eigenvalue weighted by Crippen LogP contribution is -2.29. The molecule has 0 amide bonds. The van der Waals surface area contributed by atoms with Crippen molar-refractivity contribution < 1.29 is 4.57 Å². The summed E-state index contributed by atoms with van der Waals surface area (Å²) in [5.41, 5.74) is 10.2. The Morgan fingerprint density at radius 3 is 2.50 bits per heavy atom. The first-order valence-corrected chi connectivity index (χ1v) is 11.0. The fourth-order valence-electron chi connectivity index (χ4n) is 5.55. The minimum atomic E-state index is 1.21. The van der Waals surface area contributed by atoms with Crippen LogP contribution in [0.1, 0.15) is 11.1 Å². The molecule has 3 aromatic carbocycles. The summed E-state index contributed by atoms with van der Waals surface area (Å²) in [4.78, 5) is 4.48. The fraction of sp³-hybridized carbons (Fsp3) is 0.103.